The number of hydrogen-bond acceptors (Lipinski definition) is 4. The zero-order valence-electron chi connectivity index (χ0n) is 16.9. The van der Waals surface area contributed by atoms with Crippen LogP contribution in [0.3, 0.4) is 0 Å². The zero-order chi connectivity index (χ0) is 21.8. The van der Waals surface area contributed by atoms with Crippen LogP contribution in [-0.4, -0.2) is 31.8 Å². The van der Waals surface area contributed by atoms with Crippen molar-refractivity contribution in [1.29, 1.82) is 0 Å². The highest BCUT2D eigenvalue weighted by Gasteiger charge is 2.20. The summed E-state index contributed by atoms with van der Waals surface area (Å²) in [5.74, 6) is -0.469. The number of nitrogens with one attached hydrogen (secondary N) is 1. The summed E-state index contributed by atoms with van der Waals surface area (Å²) in [7, 11) is 3.66. The first-order valence-electron chi connectivity index (χ1n) is 9.51. The lowest BCUT2D eigenvalue weighted by Gasteiger charge is -2.21. The van der Waals surface area contributed by atoms with Crippen LogP contribution in [-0.2, 0) is 4.74 Å². The van der Waals surface area contributed by atoms with Gasteiger partial charge in [0.25, 0.3) is 0 Å². The number of unbranched alkanes of at least 4 members (excludes halogenated alkanes) is 1. The number of benzene rings is 2. The molecule has 0 atom stereocenters. The molecule has 0 unspecified atom stereocenters. The molecule has 3 rings (SSSR count). The van der Waals surface area contributed by atoms with Crippen LogP contribution in [0.5, 0.6) is 0 Å². The Labute approximate surface area is 184 Å². The number of carbonyl (C=O) groups excluding carboxylic acids is 1. The summed E-state index contributed by atoms with van der Waals surface area (Å²) in [6, 6.07) is 8.02. The summed E-state index contributed by atoms with van der Waals surface area (Å²) in [5.41, 5.74) is 2.24. The van der Waals surface area contributed by atoms with Gasteiger partial charge in [0.15, 0.2) is 0 Å². The number of rotatable bonds is 6. The fourth-order valence-electron chi connectivity index (χ4n) is 3.21. The average Bonchev–Trinajstić information content (AvgIpc) is 2.70. The molecular weight excluding hydrogens is 428 g/mol. The minimum atomic E-state index is -0.562. The molecule has 0 aliphatic carbocycles. The van der Waals surface area contributed by atoms with Crippen molar-refractivity contribution in [2.24, 2.45) is 0 Å². The predicted octanol–water partition coefficient (Wildman–Crippen LogP) is 6.76. The maximum absolute atomic E-state index is 14.9. The van der Waals surface area contributed by atoms with E-state index in [1.54, 1.807) is 24.3 Å². The van der Waals surface area contributed by atoms with E-state index in [9.17, 15) is 9.18 Å². The van der Waals surface area contributed by atoms with Gasteiger partial charge in [0, 0.05) is 30.6 Å². The van der Waals surface area contributed by atoms with Gasteiger partial charge in [-0.1, -0.05) is 48.7 Å². The monoisotopic (exact) mass is 449 g/mol. The lowest BCUT2D eigenvalue weighted by atomic mass is 9.99. The fraction of sp³-hybridized carbons (Fsp3) is 0.273. The Kier molecular flexibility index (Phi) is 7.00. The third kappa shape index (κ3) is 4.45. The van der Waals surface area contributed by atoms with E-state index >= 15 is 0 Å². The van der Waals surface area contributed by atoms with Gasteiger partial charge in [-0.25, -0.2) is 9.18 Å². The maximum Gasteiger partial charge on any atom is 0.411 e. The molecule has 1 amide bonds. The number of anilines is 2. The minimum absolute atomic E-state index is 0.250. The smallest absolute Gasteiger partial charge is 0.411 e. The topological polar surface area (TPSA) is 54.5 Å². The summed E-state index contributed by atoms with van der Waals surface area (Å²) >= 11 is 12.5. The van der Waals surface area contributed by atoms with Crippen LogP contribution in [0.4, 0.5) is 20.6 Å². The molecule has 158 valence electrons. The van der Waals surface area contributed by atoms with E-state index in [1.165, 1.54) is 12.3 Å². The Bertz CT molecular complexity index is 1090. The van der Waals surface area contributed by atoms with Crippen molar-refractivity contribution < 1.29 is 13.9 Å². The second-order valence-corrected chi connectivity index (χ2v) is 7.73. The Morgan fingerprint density at radius 2 is 2.00 bits per heavy atom. The molecule has 8 heteroatoms. The molecule has 5 nitrogen and oxygen atoms in total. The molecule has 30 heavy (non-hydrogen) atoms. The van der Waals surface area contributed by atoms with Crippen LogP contribution in [0.25, 0.3) is 22.0 Å². The van der Waals surface area contributed by atoms with E-state index in [2.05, 4.69) is 10.3 Å². The van der Waals surface area contributed by atoms with Gasteiger partial charge in [0.2, 0.25) is 0 Å². The lowest BCUT2D eigenvalue weighted by molar-refractivity contribution is 0.160. The zero-order valence-corrected chi connectivity index (χ0v) is 18.4. The van der Waals surface area contributed by atoms with Crippen LogP contribution >= 0.6 is 23.2 Å². The molecule has 0 spiro atoms. The number of aromatic nitrogens is 1. The van der Waals surface area contributed by atoms with Gasteiger partial charge >= 0.3 is 6.09 Å². The van der Waals surface area contributed by atoms with Crippen LogP contribution in [0.2, 0.25) is 10.0 Å². The highest BCUT2D eigenvalue weighted by Crippen LogP contribution is 2.41. The van der Waals surface area contributed by atoms with E-state index in [0.717, 1.165) is 12.8 Å². The molecule has 1 heterocycles. The summed E-state index contributed by atoms with van der Waals surface area (Å²) in [6.07, 6.45) is 2.63. The van der Waals surface area contributed by atoms with Crippen molar-refractivity contribution in [3.05, 3.63) is 52.4 Å². The second kappa shape index (κ2) is 9.49. The highest BCUT2D eigenvalue weighted by molar-refractivity contribution is 6.44. The minimum Gasteiger partial charge on any atom is -0.449 e. The molecule has 0 aliphatic heterocycles. The van der Waals surface area contributed by atoms with Gasteiger partial charge in [-0.3, -0.25) is 10.3 Å². The average molecular weight is 450 g/mol. The van der Waals surface area contributed by atoms with Crippen molar-refractivity contribution in [1.82, 2.24) is 4.98 Å². The van der Waals surface area contributed by atoms with Gasteiger partial charge < -0.3 is 9.64 Å². The second-order valence-electron chi connectivity index (χ2n) is 6.95. The summed E-state index contributed by atoms with van der Waals surface area (Å²) in [5, 5.41) is 3.96. The van der Waals surface area contributed by atoms with E-state index in [-0.39, 0.29) is 10.6 Å². The molecule has 1 N–H and O–H groups in total. The van der Waals surface area contributed by atoms with E-state index in [4.69, 9.17) is 27.9 Å². The first kappa shape index (κ1) is 22.1. The number of amides is 1. The van der Waals surface area contributed by atoms with Gasteiger partial charge in [-0.15, -0.1) is 0 Å². The lowest BCUT2D eigenvalue weighted by Crippen LogP contribution is -2.18. The molecule has 0 bridgehead atoms. The number of halogens is 3. The molecule has 2 aromatic carbocycles. The first-order chi connectivity index (χ1) is 14.3. The number of nitrogens with zero attached hydrogens (tertiary/aromatic N) is 2. The van der Waals surface area contributed by atoms with E-state index in [0.29, 0.717) is 39.5 Å². The van der Waals surface area contributed by atoms with Gasteiger partial charge in [0.05, 0.1) is 39.7 Å². The molecule has 0 aliphatic rings. The summed E-state index contributed by atoms with van der Waals surface area (Å²) < 4.78 is 20.1. The Morgan fingerprint density at radius 1 is 1.23 bits per heavy atom. The van der Waals surface area contributed by atoms with Crippen LogP contribution in [0.15, 0.2) is 36.5 Å². The molecule has 0 saturated heterocycles. The number of hydrogen-bond donors (Lipinski definition) is 1. The number of carbonyl (C=O) groups is 1. The number of fused-ring (bicyclic) bond motifs is 1. The standard InChI is InChI=1S/C22H22Cl2FN3O2/c1-4-5-11-30-22(29)27-17-12-26-20-14(21(17)28(2)3)9-10-16(25)18(20)13-7-6-8-15(23)19(13)24/h6-10,12H,4-5,11H2,1-3H3,(H,27,29). The fourth-order valence-corrected chi connectivity index (χ4v) is 3.60. The normalized spacial score (nSPS) is 10.9. The van der Waals surface area contributed by atoms with E-state index in [1.807, 2.05) is 25.9 Å². The quantitative estimate of drug-likeness (QED) is 0.422. The Balaban J connectivity index is 2.14. The molecular formula is C22H22Cl2FN3O2. The van der Waals surface area contributed by atoms with Gasteiger partial charge in [-0.05, 0) is 24.6 Å². The van der Waals surface area contributed by atoms with Crippen LogP contribution in [0, 0.1) is 5.82 Å². The third-order valence-corrected chi connectivity index (χ3v) is 5.41. The maximum atomic E-state index is 14.9. The molecule has 3 aromatic rings. The van der Waals surface area contributed by atoms with Crippen molar-refractivity contribution >= 4 is 51.6 Å². The van der Waals surface area contributed by atoms with Crippen LogP contribution < -0.4 is 10.2 Å². The van der Waals surface area contributed by atoms with Crippen LogP contribution in [0.1, 0.15) is 19.8 Å². The molecule has 0 fully saturated rings. The number of pyridine rings is 1. The Morgan fingerprint density at radius 3 is 2.70 bits per heavy atom. The number of ether oxygens (including phenoxy) is 1. The molecule has 0 saturated carbocycles. The van der Waals surface area contributed by atoms with Gasteiger partial charge in [-0.2, -0.15) is 0 Å². The highest BCUT2D eigenvalue weighted by atomic mass is 35.5. The van der Waals surface area contributed by atoms with Gasteiger partial charge in [0.1, 0.15) is 5.82 Å². The SMILES string of the molecule is CCCCOC(=O)Nc1cnc2c(-c3cccc(Cl)c3Cl)c(F)ccc2c1N(C)C. The summed E-state index contributed by atoms with van der Waals surface area (Å²) in [4.78, 5) is 18.4. The first-order valence-corrected chi connectivity index (χ1v) is 10.3. The molecule has 0 radical (unpaired) electrons. The molecule has 1 aromatic heterocycles. The van der Waals surface area contributed by atoms with Crippen molar-refractivity contribution in [2.45, 2.75) is 19.8 Å². The largest absolute Gasteiger partial charge is 0.449 e. The Hall–Kier alpha value is -2.57. The summed E-state index contributed by atoms with van der Waals surface area (Å²) in [6.45, 7) is 2.35. The van der Waals surface area contributed by atoms with Crippen molar-refractivity contribution in [3.8, 4) is 11.1 Å². The van der Waals surface area contributed by atoms with Crippen molar-refractivity contribution in [3.63, 3.8) is 0 Å². The van der Waals surface area contributed by atoms with Crippen molar-refractivity contribution in [2.75, 3.05) is 30.9 Å². The predicted molar refractivity (Wildman–Crippen MR) is 121 cm³/mol. The van der Waals surface area contributed by atoms with E-state index < -0.39 is 11.9 Å². The third-order valence-electron chi connectivity index (χ3n) is 4.60.